The second-order valence-electron chi connectivity index (χ2n) is 5.91. The van der Waals surface area contributed by atoms with Gasteiger partial charge in [-0.15, -0.1) is 0 Å². The topological polar surface area (TPSA) is 71.3 Å². The number of benzene rings is 2. The Bertz CT molecular complexity index is 1040. The molecule has 0 atom stereocenters. The Morgan fingerprint density at radius 2 is 1.61 bits per heavy atom. The summed E-state index contributed by atoms with van der Waals surface area (Å²) in [4.78, 5) is 23.1. The third kappa shape index (κ3) is 5.25. The maximum Gasteiger partial charge on any atom is 0.248 e. The van der Waals surface area contributed by atoms with Gasteiger partial charge in [0.15, 0.2) is 0 Å². The van der Waals surface area contributed by atoms with Crippen molar-refractivity contribution in [2.45, 2.75) is 6.92 Å². The normalized spacial score (nSPS) is 10.8. The molecule has 7 heteroatoms. The predicted molar refractivity (Wildman–Crippen MR) is 113 cm³/mol. The minimum Gasteiger partial charge on any atom is -0.457 e. The quantitative estimate of drug-likeness (QED) is 0.513. The average molecular weight is 415 g/mol. The minimum atomic E-state index is -0.314. The molecule has 0 saturated heterocycles. The lowest BCUT2D eigenvalue weighted by Gasteiger charge is -2.05. The highest BCUT2D eigenvalue weighted by Gasteiger charge is 2.09. The number of carbonyl (C=O) groups excluding carboxylic acids is 2. The number of rotatable bonds is 5. The highest BCUT2D eigenvalue weighted by Crippen LogP contribution is 2.32. The summed E-state index contributed by atoms with van der Waals surface area (Å²) >= 11 is 12.2. The molecule has 5 nitrogen and oxygen atoms in total. The molecule has 0 bridgehead atoms. The van der Waals surface area contributed by atoms with E-state index in [2.05, 4.69) is 10.6 Å². The van der Waals surface area contributed by atoms with Crippen LogP contribution in [0, 0.1) is 0 Å². The van der Waals surface area contributed by atoms with Crippen LogP contribution >= 0.6 is 23.2 Å². The van der Waals surface area contributed by atoms with E-state index in [4.69, 9.17) is 27.6 Å². The standard InChI is InChI=1S/C21H16Cl2N2O3/c1-13(26)24-15-3-5-16(6-4-15)25-21(27)11-8-17-7-10-20(28-17)18-12-14(22)2-9-19(18)23/h2-12H,1H3,(H,24,26)(H,25,27). The Balaban J connectivity index is 1.64. The molecule has 1 heterocycles. The van der Waals surface area contributed by atoms with E-state index in [1.54, 1.807) is 60.7 Å². The van der Waals surface area contributed by atoms with Crippen molar-refractivity contribution in [1.29, 1.82) is 0 Å². The molecule has 0 aliphatic rings. The minimum absolute atomic E-state index is 0.156. The molecule has 3 rings (SSSR count). The van der Waals surface area contributed by atoms with Gasteiger partial charge in [-0.3, -0.25) is 9.59 Å². The van der Waals surface area contributed by atoms with E-state index in [1.807, 2.05) is 0 Å². The van der Waals surface area contributed by atoms with Gasteiger partial charge < -0.3 is 15.1 Å². The number of nitrogens with one attached hydrogen (secondary N) is 2. The molecule has 0 aliphatic carbocycles. The summed E-state index contributed by atoms with van der Waals surface area (Å²) in [6.07, 6.45) is 2.92. The van der Waals surface area contributed by atoms with Crippen molar-refractivity contribution < 1.29 is 14.0 Å². The summed E-state index contributed by atoms with van der Waals surface area (Å²) in [5.41, 5.74) is 1.94. The van der Waals surface area contributed by atoms with Gasteiger partial charge in [0.1, 0.15) is 11.5 Å². The first-order valence-electron chi connectivity index (χ1n) is 8.33. The first-order chi connectivity index (χ1) is 13.4. The summed E-state index contributed by atoms with van der Waals surface area (Å²) in [5, 5.41) is 6.46. The van der Waals surface area contributed by atoms with Crippen LogP contribution in [0.15, 0.2) is 65.1 Å². The Morgan fingerprint density at radius 1 is 0.929 bits per heavy atom. The van der Waals surface area contributed by atoms with Crippen LogP contribution in [0.2, 0.25) is 10.0 Å². The summed E-state index contributed by atoms with van der Waals surface area (Å²) in [7, 11) is 0. The van der Waals surface area contributed by atoms with Gasteiger partial charge in [-0.25, -0.2) is 0 Å². The van der Waals surface area contributed by atoms with Gasteiger partial charge in [-0.05, 0) is 60.7 Å². The van der Waals surface area contributed by atoms with Crippen molar-refractivity contribution in [1.82, 2.24) is 0 Å². The number of amides is 2. The number of anilines is 2. The number of hydrogen-bond acceptors (Lipinski definition) is 3. The molecule has 0 radical (unpaired) electrons. The van der Waals surface area contributed by atoms with Crippen LogP contribution in [-0.2, 0) is 9.59 Å². The average Bonchev–Trinajstić information content (AvgIpc) is 3.12. The van der Waals surface area contributed by atoms with E-state index in [9.17, 15) is 9.59 Å². The second kappa shape index (κ2) is 8.78. The van der Waals surface area contributed by atoms with Crippen LogP contribution in [0.25, 0.3) is 17.4 Å². The molecule has 0 spiro atoms. The van der Waals surface area contributed by atoms with E-state index in [0.717, 1.165) is 0 Å². The molecule has 142 valence electrons. The van der Waals surface area contributed by atoms with Gasteiger partial charge in [-0.2, -0.15) is 0 Å². The van der Waals surface area contributed by atoms with Crippen LogP contribution in [0.5, 0.6) is 0 Å². The lowest BCUT2D eigenvalue weighted by Crippen LogP contribution is -2.08. The molecule has 0 aliphatic heterocycles. The number of hydrogen-bond donors (Lipinski definition) is 2. The lowest BCUT2D eigenvalue weighted by molar-refractivity contribution is -0.114. The third-order valence-electron chi connectivity index (χ3n) is 3.69. The Kier molecular flexibility index (Phi) is 6.19. The van der Waals surface area contributed by atoms with Gasteiger partial charge in [0, 0.05) is 35.0 Å². The van der Waals surface area contributed by atoms with Gasteiger partial charge in [0.05, 0.1) is 5.02 Å². The van der Waals surface area contributed by atoms with Crippen LogP contribution in [-0.4, -0.2) is 11.8 Å². The maximum absolute atomic E-state index is 12.1. The highest BCUT2D eigenvalue weighted by atomic mass is 35.5. The summed E-state index contributed by atoms with van der Waals surface area (Å²) in [6, 6.07) is 15.4. The fourth-order valence-electron chi connectivity index (χ4n) is 2.46. The highest BCUT2D eigenvalue weighted by molar-refractivity contribution is 6.35. The van der Waals surface area contributed by atoms with Gasteiger partial charge in [0.25, 0.3) is 0 Å². The molecule has 2 N–H and O–H groups in total. The van der Waals surface area contributed by atoms with Crippen molar-refractivity contribution in [3.8, 4) is 11.3 Å². The van der Waals surface area contributed by atoms with Crippen LogP contribution in [0.4, 0.5) is 11.4 Å². The largest absolute Gasteiger partial charge is 0.457 e. The first kappa shape index (κ1) is 19.7. The van der Waals surface area contributed by atoms with Gasteiger partial charge in [0.2, 0.25) is 11.8 Å². The number of furan rings is 1. The van der Waals surface area contributed by atoms with Crippen molar-refractivity contribution in [3.05, 3.63) is 76.5 Å². The molecule has 2 aromatic carbocycles. The second-order valence-corrected chi connectivity index (χ2v) is 6.75. The Hall–Kier alpha value is -3.02. The van der Waals surface area contributed by atoms with E-state index in [1.165, 1.54) is 13.0 Å². The molecule has 0 unspecified atom stereocenters. The third-order valence-corrected chi connectivity index (χ3v) is 4.26. The smallest absolute Gasteiger partial charge is 0.248 e. The van der Waals surface area contributed by atoms with Crippen LogP contribution < -0.4 is 10.6 Å². The zero-order valence-corrected chi connectivity index (χ0v) is 16.3. The number of halogens is 2. The SMILES string of the molecule is CC(=O)Nc1ccc(NC(=O)C=Cc2ccc(-c3cc(Cl)ccc3Cl)o2)cc1. The zero-order valence-electron chi connectivity index (χ0n) is 14.8. The Labute approximate surface area is 172 Å². The van der Waals surface area contributed by atoms with Crippen molar-refractivity contribution in [2.24, 2.45) is 0 Å². The molecule has 3 aromatic rings. The summed E-state index contributed by atoms with van der Waals surface area (Å²) in [5.74, 6) is 0.589. The monoisotopic (exact) mass is 414 g/mol. The molecular weight excluding hydrogens is 399 g/mol. The van der Waals surface area contributed by atoms with Crippen molar-refractivity contribution in [3.63, 3.8) is 0 Å². The van der Waals surface area contributed by atoms with Crippen LogP contribution in [0.1, 0.15) is 12.7 Å². The van der Waals surface area contributed by atoms with E-state index >= 15 is 0 Å². The van der Waals surface area contributed by atoms with Gasteiger partial charge >= 0.3 is 0 Å². The zero-order chi connectivity index (χ0) is 20.1. The molecule has 0 fully saturated rings. The summed E-state index contributed by atoms with van der Waals surface area (Å²) in [6.45, 7) is 1.43. The van der Waals surface area contributed by atoms with Crippen molar-refractivity contribution in [2.75, 3.05) is 10.6 Å². The van der Waals surface area contributed by atoms with E-state index < -0.39 is 0 Å². The lowest BCUT2D eigenvalue weighted by atomic mass is 10.2. The van der Waals surface area contributed by atoms with Crippen molar-refractivity contribution >= 4 is 52.5 Å². The predicted octanol–water partition coefficient (Wildman–Crippen LogP) is 5.86. The first-order valence-corrected chi connectivity index (χ1v) is 9.08. The number of carbonyl (C=O) groups is 2. The molecular formula is C21H16Cl2N2O3. The molecule has 2 amide bonds. The summed E-state index contributed by atoms with van der Waals surface area (Å²) < 4.78 is 5.71. The maximum atomic E-state index is 12.1. The fraction of sp³-hybridized carbons (Fsp3) is 0.0476. The van der Waals surface area contributed by atoms with Crippen LogP contribution in [0.3, 0.4) is 0 Å². The van der Waals surface area contributed by atoms with E-state index in [-0.39, 0.29) is 11.8 Å². The molecule has 0 saturated carbocycles. The molecule has 1 aromatic heterocycles. The molecule has 28 heavy (non-hydrogen) atoms. The fourth-order valence-corrected chi connectivity index (χ4v) is 2.84. The van der Waals surface area contributed by atoms with E-state index in [0.29, 0.717) is 38.5 Å². The Morgan fingerprint density at radius 3 is 2.29 bits per heavy atom. The van der Waals surface area contributed by atoms with Gasteiger partial charge in [-0.1, -0.05) is 23.2 Å².